The van der Waals surface area contributed by atoms with Crippen LogP contribution in [0.5, 0.6) is 0 Å². The van der Waals surface area contributed by atoms with E-state index in [1.165, 1.54) is 6.07 Å². The molecule has 1 atom stereocenters. The molecule has 0 heterocycles. The number of unbranched alkanes of at least 4 members (excludes halogenated alkanes) is 1. The molecule has 0 radical (unpaired) electrons. The first-order valence-electron chi connectivity index (χ1n) is 5.73. The smallest absolute Gasteiger partial charge is 0.123 e. The van der Waals surface area contributed by atoms with Crippen molar-refractivity contribution in [3.8, 4) is 0 Å². The van der Waals surface area contributed by atoms with Crippen LogP contribution in [-0.2, 0) is 0 Å². The van der Waals surface area contributed by atoms with Crippen molar-refractivity contribution in [2.75, 3.05) is 7.05 Å². The number of halogens is 1. The van der Waals surface area contributed by atoms with Crippen LogP contribution in [0.15, 0.2) is 30.9 Å². The number of hydrogen-bond donors (Lipinski definition) is 1. The number of aryl methyl sites for hydroxylation is 1. The number of nitrogens with one attached hydrogen (secondary N) is 1. The number of allylic oxidation sites excluding steroid dienone is 1. The van der Waals surface area contributed by atoms with Gasteiger partial charge in [0, 0.05) is 6.04 Å². The fraction of sp³-hybridized carbons (Fsp3) is 0.429. The van der Waals surface area contributed by atoms with Crippen molar-refractivity contribution in [2.24, 2.45) is 0 Å². The molecule has 0 bridgehead atoms. The highest BCUT2D eigenvalue weighted by Crippen LogP contribution is 2.23. The highest BCUT2D eigenvalue weighted by Gasteiger charge is 2.11. The molecule has 16 heavy (non-hydrogen) atoms. The maximum Gasteiger partial charge on any atom is 0.123 e. The Bertz CT molecular complexity index is 347. The highest BCUT2D eigenvalue weighted by molar-refractivity contribution is 5.29. The van der Waals surface area contributed by atoms with E-state index in [9.17, 15) is 4.39 Å². The van der Waals surface area contributed by atoms with Gasteiger partial charge in [0.05, 0.1) is 0 Å². The van der Waals surface area contributed by atoms with Crippen LogP contribution >= 0.6 is 0 Å². The molecule has 0 aliphatic heterocycles. The second kappa shape index (κ2) is 6.44. The Hall–Kier alpha value is -1.15. The van der Waals surface area contributed by atoms with Crippen LogP contribution in [0, 0.1) is 12.7 Å². The molecule has 0 amide bonds. The second-order valence-corrected chi connectivity index (χ2v) is 4.06. The number of benzene rings is 1. The Labute approximate surface area is 97.4 Å². The van der Waals surface area contributed by atoms with Gasteiger partial charge >= 0.3 is 0 Å². The largest absolute Gasteiger partial charge is 0.313 e. The lowest BCUT2D eigenvalue weighted by atomic mass is 9.97. The lowest BCUT2D eigenvalue weighted by molar-refractivity contribution is 0.522. The van der Waals surface area contributed by atoms with Crippen molar-refractivity contribution in [3.63, 3.8) is 0 Å². The average Bonchev–Trinajstić information content (AvgIpc) is 2.28. The number of rotatable bonds is 6. The molecule has 1 N–H and O–H groups in total. The summed E-state index contributed by atoms with van der Waals surface area (Å²) in [5.41, 5.74) is 2.20. The molecule has 2 heteroatoms. The van der Waals surface area contributed by atoms with Crippen LogP contribution in [0.3, 0.4) is 0 Å². The van der Waals surface area contributed by atoms with E-state index >= 15 is 0 Å². The Morgan fingerprint density at radius 2 is 2.25 bits per heavy atom. The summed E-state index contributed by atoms with van der Waals surface area (Å²) in [7, 11) is 1.92. The van der Waals surface area contributed by atoms with Crippen LogP contribution in [0.25, 0.3) is 0 Å². The van der Waals surface area contributed by atoms with Crippen molar-refractivity contribution in [1.29, 1.82) is 0 Å². The first kappa shape index (κ1) is 12.9. The normalized spacial score (nSPS) is 12.4. The summed E-state index contributed by atoms with van der Waals surface area (Å²) in [6, 6.07) is 5.21. The van der Waals surface area contributed by atoms with Crippen LogP contribution in [0.1, 0.15) is 36.4 Å². The maximum absolute atomic E-state index is 13.2. The Morgan fingerprint density at radius 3 is 2.88 bits per heavy atom. The van der Waals surface area contributed by atoms with Gasteiger partial charge in [0.2, 0.25) is 0 Å². The van der Waals surface area contributed by atoms with Crippen molar-refractivity contribution in [2.45, 2.75) is 32.2 Å². The SMILES string of the molecule is C=CCCCC(NC)c1cc(F)ccc1C. The third-order valence-corrected chi connectivity index (χ3v) is 2.87. The fourth-order valence-electron chi connectivity index (χ4n) is 1.91. The average molecular weight is 221 g/mol. The van der Waals surface area contributed by atoms with E-state index in [1.807, 2.05) is 26.1 Å². The van der Waals surface area contributed by atoms with Crippen molar-refractivity contribution in [1.82, 2.24) is 5.32 Å². The summed E-state index contributed by atoms with van der Waals surface area (Å²) in [4.78, 5) is 0. The van der Waals surface area contributed by atoms with Gasteiger partial charge in [0.15, 0.2) is 0 Å². The molecule has 0 aliphatic rings. The summed E-state index contributed by atoms with van der Waals surface area (Å²) >= 11 is 0. The standard InChI is InChI=1S/C14H20FN/c1-4-5-6-7-14(16-3)13-10-12(15)9-8-11(13)2/h4,8-10,14,16H,1,5-7H2,2-3H3. The van der Waals surface area contributed by atoms with Crippen LogP contribution in [0.2, 0.25) is 0 Å². The van der Waals surface area contributed by atoms with Gasteiger partial charge in [0.25, 0.3) is 0 Å². The van der Waals surface area contributed by atoms with Gasteiger partial charge in [-0.25, -0.2) is 4.39 Å². The van der Waals surface area contributed by atoms with E-state index in [0.717, 1.165) is 30.4 Å². The first-order valence-corrected chi connectivity index (χ1v) is 5.73. The molecule has 0 saturated heterocycles. The lowest BCUT2D eigenvalue weighted by Crippen LogP contribution is -2.17. The zero-order valence-corrected chi connectivity index (χ0v) is 10.1. The molecule has 1 nitrogen and oxygen atoms in total. The predicted octanol–water partition coefficient (Wildman–Crippen LogP) is 3.75. The quantitative estimate of drug-likeness (QED) is 0.570. The molecule has 88 valence electrons. The minimum absolute atomic E-state index is 0.162. The van der Waals surface area contributed by atoms with E-state index in [1.54, 1.807) is 6.07 Å². The molecule has 1 unspecified atom stereocenters. The van der Waals surface area contributed by atoms with Crippen LogP contribution in [-0.4, -0.2) is 7.05 Å². The Balaban J connectivity index is 2.77. The molecule has 1 aromatic rings. The summed E-state index contributed by atoms with van der Waals surface area (Å²) in [6.07, 6.45) is 5.01. The zero-order valence-electron chi connectivity index (χ0n) is 10.1. The van der Waals surface area contributed by atoms with E-state index < -0.39 is 0 Å². The van der Waals surface area contributed by atoms with Gasteiger partial charge in [-0.1, -0.05) is 12.1 Å². The summed E-state index contributed by atoms with van der Waals surface area (Å²) in [6.45, 7) is 5.73. The molecule has 0 saturated carbocycles. The minimum Gasteiger partial charge on any atom is -0.313 e. The summed E-state index contributed by atoms with van der Waals surface area (Å²) in [5, 5.41) is 3.24. The Morgan fingerprint density at radius 1 is 1.50 bits per heavy atom. The third kappa shape index (κ3) is 3.46. The highest BCUT2D eigenvalue weighted by atomic mass is 19.1. The monoisotopic (exact) mass is 221 g/mol. The first-order chi connectivity index (χ1) is 7.69. The van der Waals surface area contributed by atoms with Gasteiger partial charge in [-0.05, 0) is 56.5 Å². The van der Waals surface area contributed by atoms with Crippen LogP contribution < -0.4 is 5.32 Å². The van der Waals surface area contributed by atoms with Gasteiger partial charge < -0.3 is 5.32 Å². The second-order valence-electron chi connectivity index (χ2n) is 4.06. The van der Waals surface area contributed by atoms with Gasteiger partial charge in [-0.3, -0.25) is 0 Å². The lowest BCUT2D eigenvalue weighted by Gasteiger charge is -2.18. The van der Waals surface area contributed by atoms with Gasteiger partial charge in [-0.15, -0.1) is 6.58 Å². The number of hydrogen-bond acceptors (Lipinski definition) is 1. The molecule has 0 aliphatic carbocycles. The van der Waals surface area contributed by atoms with Gasteiger partial charge in [0.1, 0.15) is 5.82 Å². The summed E-state index contributed by atoms with van der Waals surface area (Å²) < 4.78 is 13.2. The molecule has 0 aromatic heterocycles. The van der Waals surface area contributed by atoms with Crippen molar-refractivity contribution in [3.05, 3.63) is 47.8 Å². The molecular formula is C14H20FN. The van der Waals surface area contributed by atoms with E-state index in [2.05, 4.69) is 11.9 Å². The van der Waals surface area contributed by atoms with Crippen LogP contribution in [0.4, 0.5) is 4.39 Å². The molecule has 1 aromatic carbocycles. The third-order valence-electron chi connectivity index (χ3n) is 2.87. The predicted molar refractivity (Wildman–Crippen MR) is 67.0 cm³/mol. The Kier molecular flexibility index (Phi) is 5.20. The van der Waals surface area contributed by atoms with E-state index in [0.29, 0.717) is 0 Å². The zero-order chi connectivity index (χ0) is 12.0. The maximum atomic E-state index is 13.2. The molecule has 1 rings (SSSR count). The molecule has 0 fully saturated rings. The van der Waals surface area contributed by atoms with E-state index in [-0.39, 0.29) is 11.9 Å². The van der Waals surface area contributed by atoms with E-state index in [4.69, 9.17) is 0 Å². The molecule has 0 spiro atoms. The fourth-order valence-corrected chi connectivity index (χ4v) is 1.91. The van der Waals surface area contributed by atoms with Gasteiger partial charge in [-0.2, -0.15) is 0 Å². The van der Waals surface area contributed by atoms with Crippen molar-refractivity contribution < 1.29 is 4.39 Å². The molecular weight excluding hydrogens is 201 g/mol. The minimum atomic E-state index is -0.162. The topological polar surface area (TPSA) is 12.0 Å². The summed E-state index contributed by atoms with van der Waals surface area (Å²) in [5.74, 6) is -0.162. The van der Waals surface area contributed by atoms with Crippen molar-refractivity contribution >= 4 is 0 Å².